The average molecular weight is 377 g/mol. The third-order valence-electron chi connectivity index (χ3n) is 3.85. The molecular formula is C17H17ClN4O2S. The van der Waals surface area contributed by atoms with Crippen LogP contribution in [-0.4, -0.2) is 27.2 Å². The van der Waals surface area contributed by atoms with Crippen LogP contribution in [0.3, 0.4) is 0 Å². The molecule has 0 aliphatic rings. The number of amides is 2. The number of thiazole rings is 1. The second-order valence-corrected chi connectivity index (χ2v) is 7.22. The fourth-order valence-electron chi connectivity index (χ4n) is 2.53. The maximum Gasteiger partial charge on any atom is 0.269 e. The number of imidazole rings is 1. The molecule has 0 bridgehead atoms. The first-order valence-corrected chi connectivity index (χ1v) is 8.96. The van der Waals surface area contributed by atoms with Crippen molar-refractivity contribution in [1.29, 1.82) is 0 Å². The summed E-state index contributed by atoms with van der Waals surface area (Å²) in [7, 11) is 0. The van der Waals surface area contributed by atoms with Gasteiger partial charge in [-0.05, 0) is 12.0 Å². The zero-order chi connectivity index (χ0) is 18.1. The van der Waals surface area contributed by atoms with E-state index in [-0.39, 0.29) is 11.8 Å². The van der Waals surface area contributed by atoms with Crippen LogP contribution in [0.25, 0.3) is 16.2 Å². The van der Waals surface area contributed by atoms with Crippen molar-refractivity contribution in [1.82, 2.24) is 14.7 Å². The highest BCUT2D eigenvalue weighted by molar-refractivity contribution is 7.15. The molecule has 0 spiro atoms. The average Bonchev–Trinajstić information content (AvgIpc) is 3.12. The molecule has 0 aliphatic carbocycles. The molecule has 2 amide bonds. The van der Waals surface area contributed by atoms with E-state index in [9.17, 15) is 9.59 Å². The number of hydrogen-bond acceptors (Lipinski definition) is 4. The summed E-state index contributed by atoms with van der Waals surface area (Å²) in [6.07, 6.45) is 1.76. The summed E-state index contributed by atoms with van der Waals surface area (Å²) in [6, 6.07) is 6.66. The van der Waals surface area contributed by atoms with Crippen molar-refractivity contribution < 1.29 is 9.59 Å². The van der Waals surface area contributed by atoms with E-state index in [0.29, 0.717) is 21.4 Å². The number of hydrogen-bond donors (Lipinski definition) is 2. The van der Waals surface area contributed by atoms with Crippen molar-refractivity contribution in [2.24, 2.45) is 11.7 Å². The van der Waals surface area contributed by atoms with Crippen LogP contribution in [0.15, 0.2) is 35.8 Å². The van der Waals surface area contributed by atoms with Gasteiger partial charge in [0.15, 0.2) is 4.96 Å². The molecule has 0 radical (unpaired) electrons. The molecule has 3 N–H and O–H groups in total. The van der Waals surface area contributed by atoms with Crippen LogP contribution in [0.1, 0.15) is 24.3 Å². The fourth-order valence-corrected chi connectivity index (χ4v) is 3.61. The minimum absolute atomic E-state index is 0.1000. The first kappa shape index (κ1) is 17.4. The molecule has 2 heterocycles. The number of carbonyl (C=O) groups is 2. The van der Waals surface area contributed by atoms with E-state index in [1.807, 2.05) is 32.0 Å². The van der Waals surface area contributed by atoms with Crippen LogP contribution < -0.4 is 11.1 Å². The number of halogens is 1. The number of nitrogens with one attached hydrogen (secondary N) is 1. The van der Waals surface area contributed by atoms with E-state index in [4.69, 9.17) is 17.3 Å². The lowest BCUT2D eigenvalue weighted by Gasteiger charge is -2.18. The van der Waals surface area contributed by atoms with Crippen LogP contribution in [0.4, 0.5) is 0 Å². The third kappa shape index (κ3) is 3.38. The number of primary amides is 1. The summed E-state index contributed by atoms with van der Waals surface area (Å²) in [5, 5.41) is 4.98. The monoisotopic (exact) mass is 376 g/mol. The Morgan fingerprint density at radius 1 is 1.32 bits per heavy atom. The summed E-state index contributed by atoms with van der Waals surface area (Å²) in [5.74, 6) is -1.03. The van der Waals surface area contributed by atoms with Gasteiger partial charge in [-0.15, -0.1) is 11.3 Å². The van der Waals surface area contributed by atoms with Crippen LogP contribution in [0.2, 0.25) is 5.02 Å². The molecule has 3 rings (SSSR count). The number of aromatic nitrogens is 2. The maximum atomic E-state index is 12.6. The Morgan fingerprint density at radius 3 is 2.68 bits per heavy atom. The lowest BCUT2D eigenvalue weighted by atomic mass is 10.0. The third-order valence-corrected chi connectivity index (χ3v) is 5.02. The highest BCUT2D eigenvalue weighted by Crippen LogP contribution is 2.29. The molecule has 1 atom stereocenters. The quantitative estimate of drug-likeness (QED) is 0.717. The Morgan fingerprint density at radius 2 is 2.04 bits per heavy atom. The summed E-state index contributed by atoms with van der Waals surface area (Å²) in [4.78, 5) is 29.3. The second kappa shape index (κ2) is 6.85. The van der Waals surface area contributed by atoms with Gasteiger partial charge < -0.3 is 11.1 Å². The van der Waals surface area contributed by atoms with Crippen molar-refractivity contribution >= 4 is 39.7 Å². The predicted molar refractivity (Wildman–Crippen MR) is 98.8 cm³/mol. The molecule has 0 saturated carbocycles. The molecule has 0 saturated heterocycles. The maximum absolute atomic E-state index is 12.6. The van der Waals surface area contributed by atoms with E-state index in [1.54, 1.807) is 22.0 Å². The zero-order valence-electron chi connectivity index (χ0n) is 13.7. The van der Waals surface area contributed by atoms with Gasteiger partial charge in [-0.2, -0.15) is 0 Å². The van der Waals surface area contributed by atoms with Gasteiger partial charge in [-0.3, -0.25) is 14.0 Å². The topological polar surface area (TPSA) is 89.5 Å². The van der Waals surface area contributed by atoms with Crippen molar-refractivity contribution in [3.05, 3.63) is 46.6 Å². The van der Waals surface area contributed by atoms with Crippen molar-refractivity contribution in [2.45, 2.75) is 19.9 Å². The first-order valence-electron chi connectivity index (χ1n) is 7.70. The highest BCUT2D eigenvalue weighted by Gasteiger charge is 2.24. The lowest BCUT2D eigenvalue weighted by molar-refractivity contribution is -0.120. The Balaban J connectivity index is 1.94. The van der Waals surface area contributed by atoms with Gasteiger partial charge in [0.05, 0.1) is 10.7 Å². The van der Waals surface area contributed by atoms with Gasteiger partial charge in [-0.1, -0.05) is 43.6 Å². The van der Waals surface area contributed by atoms with Gasteiger partial charge >= 0.3 is 0 Å². The molecular weight excluding hydrogens is 360 g/mol. The summed E-state index contributed by atoms with van der Waals surface area (Å²) >= 11 is 7.56. The van der Waals surface area contributed by atoms with Gasteiger partial charge in [-0.25, -0.2) is 4.98 Å². The van der Waals surface area contributed by atoms with Gasteiger partial charge in [0.2, 0.25) is 5.91 Å². The van der Waals surface area contributed by atoms with Crippen LogP contribution in [-0.2, 0) is 4.79 Å². The highest BCUT2D eigenvalue weighted by atomic mass is 35.5. The predicted octanol–water partition coefficient (Wildman–Crippen LogP) is 2.96. The number of rotatable bonds is 5. The van der Waals surface area contributed by atoms with Gasteiger partial charge in [0.25, 0.3) is 5.91 Å². The number of nitrogens with two attached hydrogens (primary N) is 1. The molecule has 0 fully saturated rings. The summed E-state index contributed by atoms with van der Waals surface area (Å²) in [6.45, 7) is 3.65. The van der Waals surface area contributed by atoms with E-state index in [1.165, 1.54) is 11.3 Å². The fraction of sp³-hybridized carbons (Fsp3) is 0.235. The first-order chi connectivity index (χ1) is 11.9. The molecule has 1 aromatic carbocycles. The van der Waals surface area contributed by atoms with Crippen molar-refractivity contribution in [2.75, 3.05) is 0 Å². The minimum atomic E-state index is -0.728. The van der Waals surface area contributed by atoms with Crippen LogP contribution >= 0.6 is 22.9 Å². The Hall–Kier alpha value is -2.38. The number of benzene rings is 1. The zero-order valence-corrected chi connectivity index (χ0v) is 15.3. The molecule has 3 aromatic rings. The summed E-state index contributed by atoms with van der Waals surface area (Å²) < 4.78 is 1.69. The van der Waals surface area contributed by atoms with E-state index in [0.717, 1.165) is 5.56 Å². The largest absolute Gasteiger partial charge is 0.368 e. The van der Waals surface area contributed by atoms with Crippen LogP contribution in [0, 0.1) is 5.92 Å². The van der Waals surface area contributed by atoms with Crippen molar-refractivity contribution in [3.63, 3.8) is 0 Å². The normalized spacial score (nSPS) is 12.5. The molecule has 8 heteroatoms. The molecule has 2 aromatic heterocycles. The van der Waals surface area contributed by atoms with E-state index >= 15 is 0 Å². The van der Waals surface area contributed by atoms with E-state index in [2.05, 4.69) is 10.3 Å². The molecule has 0 aliphatic heterocycles. The standard InChI is InChI=1S/C17H17ClN4O2S/c1-9(2)14(15(19)23)21-16(24)13-8-25-17-20-12(7-22(13)17)10-5-3-4-6-11(10)18/h3-9,14H,1-2H3,(H2,19,23)(H,21,24)/t14-/m0/s1. The molecule has 25 heavy (non-hydrogen) atoms. The minimum Gasteiger partial charge on any atom is -0.368 e. The molecule has 130 valence electrons. The smallest absolute Gasteiger partial charge is 0.269 e. The number of carbonyl (C=O) groups excluding carboxylic acids is 2. The number of nitrogens with zero attached hydrogens (tertiary/aromatic N) is 2. The molecule has 0 unspecified atom stereocenters. The Labute approximate surface area is 153 Å². The number of fused-ring (bicyclic) bond motifs is 1. The Bertz CT molecular complexity index is 947. The van der Waals surface area contributed by atoms with Gasteiger partial charge in [0.1, 0.15) is 11.7 Å². The van der Waals surface area contributed by atoms with Crippen molar-refractivity contribution in [3.8, 4) is 11.3 Å². The lowest BCUT2D eigenvalue weighted by Crippen LogP contribution is -2.47. The van der Waals surface area contributed by atoms with Gasteiger partial charge in [0, 0.05) is 17.1 Å². The van der Waals surface area contributed by atoms with E-state index < -0.39 is 11.9 Å². The second-order valence-electron chi connectivity index (χ2n) is 5.98. The Kier molecular flexibility index (Phi) is 4.78. The SMILES string of the molecule is CC(C)[C@H](NC(=O)c1csc2nc(-c3ccccc3Cl)cn12)C(N)=O. The summed E-state index contributed by atoms with van der Waals surface area (Å²) in [5.41, 5.74) is 7.24. The van der Waals surface area contributed by atoms with Crippen LogP contribution in [0.5, 0.6) is 0 Å². The molecule has 6 nitrogen and oxygen atoms in total.